The molecule has 0 bridgehead atoms. The Morgan fingerprint density at radius 2 is 1.80 bits per heavy atom. The fourth-order valence-corrected chi connectivity index (χ4v) is 6.58. The third kappa shape index (κ3) is 6.87. The summed E-state index contributed by atoms with van der Waals surface area (Å²) in [4.78, 5) is 30.2. The summed E-state index contributed by atoms with van der Waals surface area (Å²) in [5.74, 6) is 1.31. The van der Waals surface area contributed by atoms with E-state index in [1.165, 1.54) is 17.0 Å². The van der Waals surface area contributed by atoms with Gasteiger partial charge in [0.15, 0.2) is 5.82 Å². The average Bonchev–Trinajstić information content (AvgIpc) is 3.00. The maximum Gasteiger partial charge on any atom is 0.312 e. The van der Waals surface area contributed by atoms with Gasteiger partial charge in [-0.25, -0.2) is 4.98 Å². The zero-order chi connectivity index (χ0) is 32.4. The number of nitrogens with zero attached hydrogens (tertiary/aromatic N) is 4. The fourth-order valence-electron chi connectivity index (χ4n) is 4.84. The molecule has 0 spiro atoms. The Balaban J connectivity index is 1.61. The number of para-hydroxylation sites is 1. The maximum atomic E-state index is 13.8. The lowest BCUT2D eigenvalue weighted by atomic mass is 9.96. The van der Waals surface area contributed by atoms with Crippen LogP contribution in [0.2, 0.25) is 0 Å². The van der Waals surface area contributed by atoms with Crippen molar-refractivity contribution in [1.29, 1.82) is 0 Å². The zero-order valence-electron chi connectivity index (χ0n) is 24.7. The smallest absolute Gasteiger partial charge is 0.312 e. The van der Waals surface area contributed by atoms with Gasteiger partial charge < -0.3 is 9.47 Å². The molecule has 5 rings (SSSR count). The number of hydrogen-bond donors (Lipinski definition) is 0. The number of benzene rings is 4. The van der Waals surface area contributed by atoms with Crippen molar-refractivity contribution in [3.8, 4) is 22.9 Å². The molecule has 0 saturated heterocycles. The van der Waals surface area contributed by atoms with E-state index in [4.69, 9.17) is 14.5 Å². The topological polar surface area (TPSA) is 109 Å². The quantitative estimate of drug-likeness (QED) is 0.0837. The molecule has 12 heteroatoms. The lowest BCUT2D eigenvalue weighted by molar-refractivity contribution is -0.386. The summed E-state index contributed by atoms with van der Waals surface area (Å²) in [6.07, 6.45) is 1.40. The Kier molecular flexibility index (Phi) is 9.85. The van der Waals surface area contributed by atoms with E-state index in [2.05, 4.69) is 66.7 Å². The molecule has 230 valence electrons. The van der Waals surface area contributed by atoms with E-state index < -0.39 is 4.92 Å². The Morgan fingerprint density at radius 1 is 1.04 bits per heavy atom. The monoisotopic (exact) mass is 796 g/mol. The van der Waals surface area contributed by atoms with Gasteiger partial charge in [-0.1, -0.05) is 63.9 Å². The first-order valence-electron chi connectivity index (χ1n) is 13.8. The van der Waals surface area contributed by atoms with E-state index in [1.54, 1.807) is 31.4 Å². The third-order valence-corrected chi connectivity index (χ3v) is 8.97. The highest BCUT2D eigenvalue weighted by atomic mass is 79.9. The summed E-state index contributed by atoms with van der Waals surface area (Å²) in [7, 11) is 1.63. The van der Waals surface area contributed by atoms with E-state index in [-0.39, 0.29) is 29.5 Å². The molecule has 0 amide bonds. The van der Waals surface area contributed by atoms with Crippen molar-refractivity contribution in [3.63, 3.8) is 0 Å². The van der Waals surface area contributed by atoms with Crippen LogP contribution in [0.15, 0.2) is 90.0 Å². The normalized spacial score (nSPS) is 11.5. The van der Waals surface area contributed by atoms with Gasteiger partial charge in [0.05, 0.1) is 33.6 Å². The molecule has 45 heavy (non-hydrogen) atoms. The predicted octanol–water partition coefficient (Wildman–Crippen LogP) is 9.16. The minimum Gasteiger partial charge on any atom is -0.496 e. The summed E-state index contributed by atoms with van der Waals surface area (Å²) < 4.78 is 14.8. The number of ether oxygens (including phenoxy) is 2. The molecule has 1 aromatic heterocycles. The molecule has 0 fully saturated rings. The Labute approximate surface area is 284 Å². The van der Waals surface area contributed by atoms with E-state index in [1.807, 2.05) is 43.3 Å². The minimum atomic E-state index is -0.516. The molecule has 5 aromatic rings. The number of aryl methyl sites for hydroxylation is 1. The standard InChI is InChI=1S/C33H27Br3N4O5/c1-18(2)24-15-25(19(3)11-30(24)44-4)32-38-28-8-6-5-7-23(28)33(41)39(32)37-16-20-12-27(36)31(29(13-20)40(42)43)45-17-21-9-10-22(34)14-26(21)35/h5-16,18H,17H2,1-4H3. The van der Waals surface area contributed by atoms with Gasteiger partial charge in [-0.15, -0.1) is 0 Å². The summed E-state index contributed by atoms with van der Waals surface area (Å²) >= 11 is 10.3. The van der Waals surface area contributed by atoms with Gasteiger partial charge in [0.25, 0.3) is 5.56 Å². The van der Waals surface area contributed by atoms with Crippen molar-refractivity contribution in [2.24, 2.45) is 5.10 Å². The minimum absolute atomic E-state index is 0.0762. The van der Waals surface area contributed by atoms with Crippen molar-refractivity contribution < 1.29 is 14.4 Å². The Bertz CT molecular complexity index is 2040. The highest BCUT2D eigenvalue weighted by Gasteiger charge is 2.22. The lowest BCUT2D eigenvalue weighted by Gasteiger charge is -2.17. The Morgan fingerprint density at radius 3 is 2.49 bits per heavy atom. The molecular weight excluding hydrogens is 772 g/mol. The second-order valence-corrected chi connectivity index (χ2v) is 13.1. The number of nitro benzene ring substituents is 1. The van der Waals surface area contributed by atoms with Crippen LogP contribution in [0.5, 0.6) is 11.5 Å². The molecule has 9 nitrogen and oxygen atoms in total. The molecule has 0 aliphatic rings. The zero-order valence-corrected chi connectivity index (χ0v) is 29.4. The first-order chi connectivity index (χ1) is 21.5. The number of hydrogen-bond acceptors (Lipinski definition) is 7. The van der Waals surface area contributed by atoms with Gasteiger partial charge in [-0.05, 0) is 82.4 Å². The number of nitro groups is 1. The van der Waals surface area contributed by atoms with Crippen LogP contribution in [-0.4, -0.2) is 27.9 Å². The Hall–Kier alpha value is -3.87. The van der Waals surface area contributed by atoms with Crippen LogP contribution in [0.3, 0.4) is 0 Å². The van der Waals surface area contributed by atoms with E-state index in [0.29, 0.717) is 26.8 Å². The van der Waals surface area contributed by atoms with Crippen LogP contribution in [0, 0.1) is 17.0 Å². The van der Waals surface area contributed by atoms with Crippen molar-refractivity contribution >= 4 is 70.6 Å². The lowest BCUT2D eigenvalue weighted by Crippen LogP contribution is -2.20. The second-order valence-electron chi connectivity index (χ2n) is 10.5. The fraction of sp³-hybridized carbons (Fsp3) is 0.182. The van der Waals surface area contributed by atoms with Crippen LogP contribution >= 0.6 is 47.8 Å². The molecule has 0 N–H and O–H groups in total. The number of methoxy groups -OCH3 is 1. The molecule has 4 aromatic carbocycles. The molecule has 0 saturated carbocycles. The van der Waals surface area contributed by atoms with Crippen LogP contribution in [0.4, 0.5) is 5.69 Å². The highest BCUT2D eigenvalue weighted by Crippen LogP contribution is 2.38. The molecule has 0 unspecified atom stereocenters. The van der Waals surface area contributed by atoms with Crippen molar-refractivity contribution in [3.05, 3.63) is 123 Å². The highest BCUT2D eigenvalue weighted by molar-refractivity contribution is 9.11. The number of halogens is 3. The van der Waals surface area contributed by atoms with Crippen molar-refractivity contribution in [1.82, 2.24) is 9.66 Å². The SMILES string of the molecule is COc1cc(C)c(-c2nc3ccccc3c(=O)n2N=Cc2cc(Br)c(OCc3ccc(Br)cc3Br)c([N+](=O)[O-])c2)cc1C(C)C. The molecular formula is C33H27Br3N4O5. The molecule has 0 aliphatic heterocycles. The van der Waals surface area contributed by atoms with Crippen molar-refractivity contribution in [2.45, 2.75) is 33.3 Å². The number of rotatable bonds is 9. The first-order valence-corrected chi connectivity index (χ1v) is 16.2. The van der Waals surface area contributed by atoms with Gasteiger partial charge >= 0.3 is 5.69 Å². The molecule has 0 atom stereocenters. The van der Waals surface area contributed by atoms with Crippen LogP contribution in [0.25, 0.3) is 22.3 Å². The number of fused-ring (bicyclic) bond motifs is 1. The summed E-state index contributed by atoms with van der Waals surface area (Å²) in [6, 6.07) is 19.6. The van der Waals surface area contributed by atoms with Gasteiger partial charge in [0, 0.05) is 31.7 Å². The van der Waals surface area contributed by atoms with Gasteiger partial charge in [-0.2, -0.15) is 9.78 Å². The first kappa shape index (κ1) is 32.5. The average molecular weight is 799 g/mol. The van der Waals surface area contributed by atoms with Crippen LogP contribution in [-0.2, 0) is 6.61 Å². The van der Waals surface area contributed by atoms with Gasteiger partial charge in [0.2, 0.25) is 5.75 Å². The largest absolute Gasteiger partial charge is 0.496 e. The molecule has 0 radical (unpaired) electrons. The predicted molar refractivity (Wildman–Crippen MR) is 187 cm³/mol. The summed E-state index contributed by atoms with van der Waals surface area (Å²) in [6.45, 7) is 6.14. The molecule has 1 heterocycles. The van der Waals surface area contributed by atoms with Crippen molar-refractivity contribution in [2.75, 3.05) is 7.11 Å². The second kappa shape index (κ2) is 13.6. The number of aromatic nitrogens is 2. The van der Waals surface area contributed by atoms with Crippen LogP contribution in [0.1, 0.15) is 42.0 Å². The summed E-state index contributed by atoms with van der Waals surface area (Å²) in [5.41, 5.74) is 3.62. The van der Waals surface area contributed by atoms with E-state index >= 15 is 0 Å². The van der Waals surface area contributed by atoms with E-state index in [9.17, 15) is 14.9 Å². The van der Waals surface area contributed by atoms with E-state index in [0.717, 1.165) is 36.9 Å². The summed E-state index contributed by atoms with van der Waals surface area (Å²) in [5, 5.41) is 17.0. The van der Waals surface area contributed by atoms with Gasteiger partial charge in [0.1, 0.15) is 12.4 Å². The maximum absolute atomic E-state index is 13.8. The molecule has 0 aliphatic carbocycles. The van der Waals surface area contributed by atoms with Gasteiger partial charge in [-0.3, -0.25) is 14.9 Å². The third-order valence-electron chi connectivity index (χ3n) is 7.15. The van der Waals surface area contributed by atoms with Crippen LogP contribution < -0.4 is 15.0 Å².